The summed E-state index contributed by atoms with van der Waals surface area (Å²) in [4.78, 5) is 16.3. The van der Waals surface area contributed by atoms with Gasteiger partial charge in [0, 0.05) is 24.3 Å². The molecule has 2 aromatic carbocycles. The summed E-state index contributed by atoms with van der Waals surface area (Å²) >= 11 is 0. The first-order valence-corrected chi connectivity index (χ1v) is 7.80. The number of ether oxygens (including phenoxy) is 1. The van der Waals surface area contributed by atoms with Crippen LogP contribution in [0.4, 0.5) is 5.69 Å². The Labute approximate surface area is 146 Å². The van der Waals surface area contributed by atoms with Gasteiger partial charge in [-0.15, -0.1) is 0 Å². The lowest BCUT2D eigenvalue weighted by molar-refractivity contribution is -0.111. The van der Waals surface area contributed by atoms with Gasteiger partial charge in [0.15, 0.2) is 5.89 Å². The lowest BCUT2D eigenvalue weighted by Crippen LogP contribution is -2.07. The standard InChI is InChI=1S/C20H18N2O3/c1-14-21-19(13-25-14)16-7-9-17(10-8-16)22-20(23)11-6-15-4-3-5-18(12-15)24-2/h3-13H,1-2H3,(H,22,23)/b11-6+. The average molecular weight is 334 g/mol. The molecule has 0 fully saturated rings. The Morgan fingerprint density at radius 2 is 2.00 bits per heavy atom. The topological polar surface area (TPSA) is 64.4 Å². The van der Waals surface area contributed by atoms with Crippen molar-refractivity contribution in [3.05, 3.63) is 72.3 Å². The molecule has 0 radical (unpaired) electrons. The number of carbonyl (C=O) groups excluding carboxylic acids is 1. The first-order valence-electron chi connectivity index (χ1n) is 7.80. The number of oxazole rings is 1. The highest BCUT2D eigenvalue weighted by Crippen LogP contribution is 2.21. The van der Waals surface area contributed by atoms with Crippen molar-refractivity contribution in [2.75, 3.05) is 12.4 Å². The van der Waals surface area contributed by atoms with Crippen molar-refractivity contribution in [2.24, 2.45) is 0 Å². The highest BCUT2D eigenvalue weighted by molar-refractivity contribution is 6.02. The summed E-state index contributed by atoms with van der Waals surface area (Å²) in [5.41, 5.74) is 3.31. The molecular weight excluding hydrogens is 316 g/mol. The normalized spacial score (nSPS) is 10.8. The van der Waals surface area contributed by atoms with Gasteiger partial charge in [-0.3, -0.25) is 4.79 Å². The van der Waals surface area contributed by atoms with Crippen molar-refractivity contribution in [3.8, 4) is 17.0 Å². The van der Waals surface area contributed by atoms with E-state index in [1.165, 1.54) is 6.08 Å². The lowest BCUT2D eigenvalue weighted by Gasteiger charge is -2.03. The molecule has 25 heavy (non-hydrogen) atoms. The van der Waals surface area contributed by atoms with E-state index in [0.717, 1.165) is 22.6 Å². The summed E-state index contributed by atoms with van der Waals surface area (Å²) in [6, 6.07) is 14.9. The van der Waals surface area contributed by atoms with E-state index >= 15 is 0 Å². The summed E-state index contributed by atoms with van der Waals surface area (Å²) in [5, 5.41) is 2.82. The molecule has 5 nitrogen and oxygen atoms in total. The second-order valence-electron chi connectivity index (χ2n) is 5.43. The molecule has 0 unspecified atom stereocenters. The van der Waals surface area contributed by atoms with Crippen LogP contribution in [0.3, 0.4) is 0 Å². The van der Waals surface area contributed by atoms with Gasteiger partial charge in [0.05, 0.1) is 7.11 Å². The number of methoxy groups -OCH3 is 1. The molecule has 0 aliphatic rings. The van der Waals surface area contributed by atoms with E-state index in [2.05, 4.69) is 10.3 Å². The molecule has 0 atom stereocenters. The average Bonchev–Trinajstić information content (AvgIpc) is 3.07. The number of rotatable bonds is 5. The van der Waals surface area contributed by atoms with Crippen molar-refractivity contribution in [1.29, 1.82) is 0 Å². The summed E-state index contributed by atoms with van der Waals surface area (Å²) in [5.74, 6) is 1.17. The molecule has 1 N–H and O–H groups in total. The highest BCUT2D eigenvalue weighted by Gasteiger charge is 2.04. The van der Waals surface area contributed by atoms with E-state index in [1.54, 1.807) is 26.4 Å². The zero-order chi connectivity index (χ0) is 17.6. The molecular formula is C20H18N2O3. The Kier molecular flexibility index (Phi) is 4.95. The lowest BCUT2D eigenvalue weighted by atomic mass is 10.1. The van der Waals surface area contributed by atoms with E-state index in [9.17, 15) is 4.79 Å². The maximum Gasteiger partial charge on any atom is 0.248 e. The van der Waals surface area contributed by atoms with Gasteiger partial charge in [-0.1, -0.05) is 24.3 Å². The first kappa shape index (κ1) is 16.5. The molecule has 0 saturated heterocycles. The maximum absolute atomic E-state index is 12.0. The molecule has 0 spiro atoms. The number of nitrogens with one attached hydrogen (secondary N) is 1. The Balaban J connectivity index is 1.63. The van der Waals surface area contributed by atoms with Gasteiger partial charge in [-0.05, 0) is 35.9 Å². The minimum absolute atomic E-state index is 0.201. The van der Waals surface area contributed by atoms with Crippen LogP contribution >= 0.6 is 0 Å². The Morgan fingerprint density at radius 1 is 1.20 bits per heavy atom. The summed E-state index contributed by atoms with van der Waals surface area (Å²) in [6.07, 6.45) is 4.84. The molecule has 0 saturated carbocycles. The van der Waals surface area contributed by atoms with Gasteiger partial charge < -0.3 is 14.5 Å². The highest BCUT2D eigenvalue weighted by atomic mass is 16.5. The van der Waals surface area contributed by atoms with Gasteiger partial charge in [-0.2, -0.15) is 0 Å². The number of aromatic nitrogens is 1. The number of hydrogen-bond donors (Lipinski definition) is 1. The molecule has 5 heteroatoms. The Hall–Kier alpha value is -3.34. The van der Waals surface area contributed by atoms with Gasteiger partial charge in [-0.25, -0.2) is 4.98 Å². The van der Waals surface area contributed by atoms with Crippen LogP contribution < -0.4 is 10.1 Å². The van der Waals surface area contributed by atoms with Crippen LogP contribution in [0, 0.1) is 6.92 Å². The second kappa shape index (κ2) is 7.49. The number of hydrogen-bond acceptors (Lipinski definition) is 4. The summed E-state index contributed by atoms with van der Waals surface area (Å²) < 4.78 is 10.4. The largest absolute Gasteiger partial charge is 0.497 e. The fraction of sp³-hybridized carbons (Fsp3) is 0.100. The quantitative estimate of drug-likeness (QED) is 0.706. The molecule has 1 amide bonds. The Morgan fingerprint density at radius 3 is 2.68 bits per heavy atom. The van der Waals surface area contributed by atoms with Crippen LogP contribution in [-0.4, -0.2) is 18.0 Å². The van der Waals surface area contributed by atoms with Gasteiger partial charge in [0.25, 0.3) is 0 Å². The molecule has 3 rings (SSSR count). The molecule has 0 bridgehead atoms. The van der Waals surface area contributed by atoms with Crippen LogP contribution in [0.15, 0.2) is 65.3 Å². The van der Waals surface area contributed by atoms with Crippen molar-refractivity contribution in [1.82, 2.24) is 4.98 Å². The third kappa shape index (κ3) is 4.35. The van der Waals surface area contributed by atoms with Crippen molar-refractivity contribution >= 4 is 17.7 Å². The molecule has 126 valence electrons. The third-order valence-corrected chi connectivity index (χ3v) is 3.59. The SMILES string of the molecule is COc1cccc(/C=C/C(=O)Nc2ccc(-c3coc(C)n3)cc2)c1. The fourth-order valence-electron chi connectivity index (χ4n) is 2.32. The second-order valence-corrected chi connectivity index (χ2v) is 5.43. The third-order valence-electron chi connectivity index (χ3n) is 3.59. The van der Waals surface area contributed by atoms with Crippen molar-refractivity contribution in [2.45, 2.75) is 6.92 Å². The van der Waals surface area contributed by atoms with Crippen molar-refractivity contribution in [3.63, 3.8) is 0 Å². The molecule has 1 heterocycles. The molecule has 1 aromatic heterocycles. The predicted octanol–water partition coefficient (Wildman–Crippen LogP) is 4.31. The number of anilines is 1. The number of nitrogens with zero attached hydrogens (tertiary/aromatic N) is 1. The zero-order valence-corrected chi connectivity index (χ0v) is 14.0. The van der Waals surface area contributed by atoms with Crippen LogP contribution in [0.25, 0.3) is 17.3 Å². The monoisotopic (exact) mass is 334 g/mol. The van der Waals surface area contributed by atoms with E-state index in [0.29, 0.717) is 11.6 Å². The fourth-order valence-corrected chi connectivity index (χ4v) is 2.32. The molecule has 0 aliphatic heterocycles. The summed E-state index contributed by atoms with van der Waals surface area (Å²) in [7, 11) is 1.61. The minimum atomic E-state index is -0.201. The maximum atomic E-state index is 12.0. The van der Waals surface area contributed by atoms with Gasteiger partial charge in [0.1, 0.15) is 17.7 Å². The predicted molar refractivity (Wildman–Crippen MR) is 97.3 cm³/mol. The number of aryl methyl sites for hydroxylation is 1. The van der Waals surface area contributed by atoms with Crippen LogP contribution in [0.2, 0.25) is 0 Å². The number of amides is 1. The van der Waals surface area contributed by atoms with Crippen LogP contribution in [-0.2, 0) is 4.79 Å². The number of carbonyl (C=O) groups is 1. The van der Waals surface area contributed by atoms with E-state index in [4.69, 9.17) is 9.15 Å². The van der Waals surface area contributed by atoms with E-state index in [1.807, 2.05) is 48.5 Å². The minimum Gasteiger partial charge on any atom is -0.497 e. The van der Waals surface area contributed by atoms with E-state index in [-0.39, 0.29) is 5.91 Å². The van der Waals surface area contributed by atoms with Crippen LogP contribution in [0.1, 0.15) is 11.5 Å². The Bertz CT molecular complexity index is 895. The molecule has 0 aliphatic carbocycles. The van der Waals surface area contributed by atoms with Crippen LogP contribution in [0.5, 0.6) is 5.75 Å². The molecule has 3 aromatic rings. The number of benzene rings is 2. The van der Waals surface area contributed by atoms with E-state index < -0.39 is 0 Å². The van der Waals surface area contributed by atoms with Gasteiger partial charge in [0.2, 0.25) is 5.91 Å². The van der Waals surface area contributed by atoms with Gasteiger partial charge >= 0.3 is 0 Å². The van der Waals surface area contributed by atoms with Crippen molar-refractivity contribution < 1.29 is 13.9 Å². The zero-order valence-electron chi connectivity index (χ0n) is 14.0. The summed E-state index contributed by atoms with van der Waals surface area (Å²) in [6.45, 7) is 1.80. The first-order chi connectivity index (χ1) is 12.1. The smallest absolute Gasteiger partial charge is 0.248 e.